The van der Waals surface area contributed by atoms with E-state index < -0.39 is 27.0 Å². The fraction of sp³-hybridized carbons (Fsp3) is 0.278. The Balaban J connectivity index is 2.06. The predicted molar refractivity (Wildman–Crippen MR) is 104 cm³/mol. The summed E-state index contributed by atoms with van der Waals surface area (Å²) in [5.74, 6) is -0.551. The highest BCUT2D eigenvalue weighted by Gasteiger charge is 2.21. The van der Waals surface area contributed by atoms with Gasteiger partial charge in [0.05, 0.1) is 9.82 Å². The van der Waals surface area contributed by atoms with Crippen LogP contribution in [0.2, 0.25) is 0 Å². The lowest BCUT2D eigenvalue weighted by Gasteiger charge is -2.15. The van der Waals surface area contributed by atoms with Crippen LogP contribution in [0.25, 0.3) is 0 Å². The molecule has 2 rings (SSSR count). The van der Waals surface area contributed by atoms with E-state index in [0.29, 0.717) is 5.69 Å². The molecule has 2 aromatic rings. The Bertz CT molecular complexity index is 958. The van der Waals surface area contributed by atoms with E-state index in [2.05, 4.69) is 10.0 Å². The van der Waals surface area contributed by atoms with Crippen molar-refractivity contribution in [2.45, 2.75) is 37.8 Å². The molecule has 9 nitrogen and oxygen atoms in total. The van der Waals surface area contributed by atoms with Gasteiger partial charge in [0.1, 0.15) is 0 Å². The third-order valence-electron chi connectivity index (χ3n) is 3.56. The lowest BCUT2D eigenvalue weighted by Crippen LogP contribution is -2.31. The second kappa shape index (κ2) is 8.81. The molecular formula is C18H21N3O6S. The van der Waals surface area contributed by atoms with Crippen LogP contribution in [-0.2, 0) is 14.8 Å². The summed E-state index contributed by atoms with van der Waals surface area (Å²) in [6, 6.07) is 11.1. The Morgan fingerprint density at radius 1 is 1.07 bits per heavy atom. The van der Waals surface area contributed by atoms with Gasteiger partial charge in [-0.15, -0.1) is 0 Å². The first-order valence-corrected chi connectivity index (χ1v) is 9.92. The van der Waals surface area contributed by atoms with E-state index in [1.807, 2.05) is 0 Å². The fourth-order valence-electron chi connectivity index (χ4n) is 2.29. The van der Waals surface area contributed by atoms with Crippen LogP contribution in [0.1, 0.15) is 20.8 Å². The summed E-state index contributed by atoms with van der Waals surface area (Å²) in [7, 11) is -3.63. The minimum Gasteiger partial charge on any atom is -0.474 e. The quantitative estimate of drug-likeness (QED) is 0.511. The highest BCUT2D eigenvalue weighted by molar-refractivity contribution is 7.89. The summed E-state index contributed by atoms with van der Waals surface area (Å²) in [5.41, 5.74) is 0.126. The van der Waals surface area contributed by atoms with Gasteiger partial charge in [-0.2, -0.15) is 0 Å². The number of benzene rings is 2. The standard InChI is InChI=1S/C18H21N3O6S/c1-12(2)20-28(25,26)15-10-8-14(9-11-15)19-18(22)13(3)27-17-7-5-4-6-16(17)21(23)24/h4-13,20H,1-3H3,(H,19,22)/t13-/m0/s1. The largest absolute Gasteiger partial charge is 0.474 e. The zero-order valence-corrected chi connectivity index (χ0v) is 16.4. The number of para-hydroxylation sites is 2. The Morgan fingerprint density at radius 3 is 2.25 bits per heavy atom. The predicted octanol–water partition coefficient (Wildman–Crippen LogP) is 2.69. The summed E-state index contributed by atoms with van der Waals surface area (Å²) in [6.07, 6.45) is -1.01. The maximum absolute atomic E-state index is 12.3. The minimum absolute atomic E-state index is 0.0173. The molecule has 0 spiro atoms. The van der Waals surface area contributed by atoms with Gasteiger partial charge in [0, 0.05) is 17.8 Å². The Labute approximate surface area is 162 Å². The summed E-state index contributed by atoms with van der Waals surface area (Å²) < 4.78 is 32.1. The van der Waals surface area contributed by atoms with Gasteiger partial charge < -0.3 is 10.1 Å². The van der Waals surface area contributed by atoms with Gasteiger partial charge in [0.15, 0.2) is 11.9 Å². The van der Waals surface area contributed by atoms with Crippen molar-refractivity contribution in [1.29, 1.82) is 0 Å². The molecule has 0 radical (unpaired) electrons. The third kappa shape index (κ3) is 5.51. The van der Waals surface area contributed by atoms with Gasteiger partial charge in [-0.05, 0) is 51.1 Å². The fourth-order valence-corrected chi connectivity index (χ4v) is 3.54. The highest BCUT2D eigenvalue weighted by Crippen LogP contribution is 2.27. The van der Waals surface area contributed by atoms with Crippen LogP contribution in [0.5, 0.6) is 5.75 Å². The zero-order valence-electron chi connectivity index (χ0n) is 15.6. The van der Waals surface area contributed by atoms with Crippen molar-refractivity contribution in [2.24, 2.45) is 0 Å². The second-order valence-electron chi connectivity index (χ2n) is 6.27. The number of carbonyl (C=O) groups excluding carboxylic acids is 1. The van der Waals surface area contributed by atoms with Crippen molar-refractivity contribution in [3.8, 4) is 5.75 Å². The number of hydrogen-bond donors (Lipinski definition) is 2. The number of nitrogens with one attached hydrogen (secondary N) is 2. The van der Waals surface area contributed by atoms with Gasteiger partial charge >= 0.3 is 5.69 Å². The topological polar surface area (TPSA) is 128 Å². The second-order valence-corrected chi connectivity index (χ2v) is 7.99. The summed E-state index contributed by atoms with van der Waals surface area (Å²) in [6.45, 7) is 4.88. The number of nitrogens with zero attached hydrogens (tertiary/aromatic N) is 1. The number of sulfonamides is 1. The lowest BCUT2D eigenvalue weighted by molar-refractivity contribution is -0.386. The van der Waals surface area contributed by atoms with E-state index in [0.717, 1.165) is 0 Å². The first-order valence-electron chi connectivity index (χ1n) is 8.43. The monoisotopic (exact) mass is 407 g/mol. The van der Waals surface area contributed by atoms with Gasteiger partial charge in [-0.3, -0.25) is 14.9 Å². The average Bonchev–Trinajstić information content (AvgIpc) is 2.61. The smallest absolute Gasteiger partial charge is 0.310 e. The highest BCUT2D eigenvalue weighted by atomic mass is 32.2. The molecule has 1 amide bonds. The van der Waals surface area contributed by atoms with Gasteiger partial charge in [-0.25, -0.2) is 13.1 Å². The Hall–Kier alpha value is -2.98. The van der Waals surface area contributed by atoms with Crippen LogP contribution in [-0.4, -0.2) is 31.4 Å². The van der Waals surface area contributed by atoms with Crippen molar-refractivity contribution < 1.29 is 22.9 Å². The Kier molecular flexibility index (Phi) is 6.71. The van der Waals surface area contributed by atoms with E-state index in [9.17, 15) is 23.3 Å². The van der Waals surface area contributed by atoms with Gasteiger partial charge in [0.25, 0.3) is 5.91 Å². The van der Waals surface area contributed by atoms with Gasteiger partial charge in [0.2, 0.25) is 10.0 Å². The first kappa shape index (κ1) is 21.3. The summed E-state index contributed by atoms with van der Waals surface area (Å²) >= 11 is 0. The van der Waals surface area contributed by atoms with E-state index in [4.69, 9.17) is 4.74 Å². The number of anilines is 1. The molecule has 0 saturated heterocycles. The number of nitro groups is 1. The molecule has 0 fully saturated rings. The van der Waals surface area contributed by atoms with E-state index >= 15 is 0 Å². The van der Waals surface area contributed by atoms with Crippen LogP contribution in [0.3, 0.4) is 0 Å². The van der Waals surface area contributed by atoms with E-state index in [1.54, 1.807) is 19.9 Å². The molecule has 0 aliphatic heterocycles. The Morgan fingerprint density at radius 2 is 1.68 bits per heavy atom. The molecule has 0 aliphatic carbocycles. The third-order valence-corrected chi connectivity index (χ3v) is 5.23. The number of amides is 1. The first-order chi connectivity index (χ1) is 13.1. The van der Waals surface area contributed by atoms with Crippen molar-refractivity contribution in [1.82, 2.24) is 4.72 Å². The van der Waals surface area contributed by atoms with Gasteiger partial charge in [-0.1, -0.05) is 12.1 Å². The summed E-state index contributed by atoms with van der Waals surface area (Å²) in [4.78, 5) is 22.8. The number of rotatable bonds is 8. The summed E-state index contributed by atoms with van der Waals surface area (Å²) in [5, 5.41) is 13.6. The number of hydrogen-bond acceptors (Lipinski definition) is 6. The van der Waals surface area contributed by atoms with Crippen molar-refractivity contribution in [3.05, 3.63) is 58.6 Å². The number of nitro benzene ring substituents is 1. The van der Waals surface area contributed by atoms with Crippen LogP contribution in [0, 0.1) is 10.1 Å². The van der Waals surface area contributed by atoms with Crippen LogP contribution in [0.4, 0.5) is 11.4 Å². The molecule has 150 valence electrons. The maximum Gasteiger partial charge on any atom is 0.310 e. The lowest BCUT2D eigenvalue weighted by atomic mass is 10.2. The molecular weight excluding hydrogens is 386 g/mol. The van der Waals surface area contributed by atoms with Crippen molar-refractivity contribution in [3.63, 3.8) is 0 Å². The molecule has 1 atom stereocenters. The molecule has 10 heteroatoms. The molecule has 0 unspecified atom stereocenters. The molecule has 0 heterocycles. The van der Waals surface area contributed by atoms with Crippen LogP contribution >= 0.6 is 0 Å². The molecule has 0 saturated carbocycles. The van der Waals surface area contributed by atoms with Crippen LogP contribution < -0.4 is 14.8 Å². The van der Waals surface area contributed by atoms with Crippen LogP contribution in [0.15, 0.2) is 53.4 Å². The zero-order chi connectivity index (χ0) is 20.9. The van der Waals surface area contributed by atoms with Crippen molar-refractivity contribution >= 4 is 27.3 Å². The van der Waals surface area contributed by atoms with Crippen molar-refractivity contribution in [2.75, 3.05) is 5.32 Å². The van der Waals surface area contributed by atoms with E-state index in [1.165, 1.54) is 49.4 Å². The molecule has 28 heavy (non-hydrogen) atoms. The SMILES string of the molecule is CC(C)NS(=O)(=O)c1ccc(NC(=O)[C@H](C)Oc2ccccc2[N+](=O)[O-])cc1. The van der Waals surface area contributed by atoms with E-state index in [-0.39, 0.29) is 22.4 Å². The average molecular weight is 407 g/mol. The normalized spacial score (nSPS) is 12.4. The number of carbonyl (C=O) groups is 1. The minimum atomic E-state index is -3.63. The molecule has 2 aromatic carbocycles. The molecule has 0 aliphatic rings. The molecule has 0 aromatic heterocycles. The maximum atomic E-state index is 12.3. The number of ether oxygens (including phenoxy) is 1. The molecule has 2 N–H and O–H groups in total. The molecule has 0 bridgehead atoms.